The minimum absolute atomic E-state index is 0.0868. The summed E-state index contributed by atoms with van der Waals surface area (Å²) in [6.07, 6.45) is 1.25. The van der Waals surface area contributed by atoms with E-state index in [1.165, 1.54) is 16.4 Å². The van der Waals surface area contributed by atoms with Gasteiger partial charge in [0.1, 0.15) is 11.8 Å². The maximum Gasteiger partial charge on any atom is 0.244 e. The van der Waals surface area contributed by atoms with Crippen molar-refractivity contribution >= 4 is 10.0 Å². The molecule has 0 aliphatic carbocycles. The lowest BCUT2D eigenvalue weighted by atomic mass is 10.0. The predicted molar refractivity (Wildman–Crippen MR) is 75.8 cm³/mol. The highest BCUT2D eigenvalue weighted by atomic mass is 32.2. The quantitative estimate of drug-likeness (QED) is 0.868. The van der Waals surface area contributed by atoms with Gasteiger partial charge in [-0.3, -0.25) is 5.32 Å². The van der Waals surface area contributed by atoms with E-state index in [1.807, 2.05) is 6.07 Å². The molecule has 1 N–H and O–H groups in total. The molecule has 21 heavy (non-hydrogen) atoms. The number of hydrogen-bond donors (Lipinski definition) is 1. The summed E-state index contributed by atoms with van der Waals surface area (Å²) in [6, 6.07) is 8.27. The highest BCUT2D eigenvalue weighted by Gasteiger charge is 2.41. The Bertz CT molecular complexity index is 665. The van der Waals surface area contributed by atoms with Crippen molar-refractivity contribution < 1.29 is 13.2 Å². The Kier molecular flexibility index (Phi) is 3.71. The first-order valence-electron chi connectivity index (χ1n) is 6.96. The Morgan fingerprint density at radius 3 is 2.62 bits per heavy atom. The second-order valence-electron chi connectivity index (χ2n) is 5.28. The Labute approximate surface area is 124 Å². The number of nitrogens with zero attached hydrogens (tertiary/aromatic N) is 2. The molecule has 1 spiro atoms. The molecular formula is C14H17N3O3S. The zero-order valence-electron chi connectivity index (χ0n) is 11.6. The van der Waals surface area contributed by atoms with Crippen molar-refractivity contribution in [3.63, 3.8) is 0 Å². The SMILES string of the molecule is N#Cc1ccccc1S(=O)(=O)N1CCC2(CC1)NCCO2. The number of piperidine rings is 1. The van der Waals surface area contributed by atoms with E-state index >= 15 is 0 Å². The number of hydrogen-bond acceptors (Lipinski definition) is 5. The van der Waals surface area contributed by atoms with Crippen molar-refractivity contribution in [1.82, 2.24) is 9.62 Å². The molecule has 2 aliphatic rings. The zero-order valence-corrected chi connectivity index (χ0v) is 12.4. The molecule has 6 nitrogen and oxygen atoms in total. The lowest BCUT2D eigenvalue weighted by Gasteiger charge is -2.37. The van der Waals surface area contributed by atoms with Crippen LogP contribution in [0.1, 0.15) is 18.4 Å². The van der Waals surface area contributed by atoms with Gasteiger partial charge in [0.25, 0.3) is 0 Å². The monoisotopic (exact) mass is 307 g/mol. The van der Waals surface area contributed by atoms with Crippen molar-refractivity contribution in [2.24, 2.45) is 0 Å². The third-order valence-electron chi connectivity index (χ3n) is 4.08. The Balaban J connectivity index is 1.82. The summed E-state index contributed by atoms with van der Waals surface area (Å²) in [7, 11) is -3.62. The largest absolute Gasteiger partial charge is 0.359 e. The van der Waals surface area contributed by atoms with E-state index in [-0.39, 0.29) is 16.2 Å². The van der Waals surface area contributed by atoms with Crippen LogP contribution in [0.3, 0.4) is 0 Å². The molecule has 2 fully saturated rings. The number of sulfonamides is 1. The number of nitriles is 1. The Morgan fingerprint density at radius 1 is 1.29 bits per heavy atom. The van der Waals surface area contributed by atoms with E-state index < -0.39 is 10.0 Å². The third kappa shape index (κ3) is 2.56. The second kappa shape index (κ2) is 5.39. The smallest absolute Gasteiger partial charge is 0.244 e. The van der Waals surface area contributed by atoms with Crippen molar-refractivity contribution in [3.8, 4) is 6.07 Å². The van der Waals surface area contributed by atoms with E-state index in [9.17, 15) is 8.42 Å². The van der Waals surface area contributed by atoms with Gasteiger partial charge in [-0.2, -0.15) is 9.57 Å². The Morgan fingerprint density at radius 2 is 2.00 bits per heavy atom. The first kappa shape index (κ1) is 14.5. The van der Waals surface area contributed by atoms with Gasteiger partial charge in [0.05, 0.1) is 17.1 Å². The van der Waals surface area contributed by atoms with Crippen LogP contribution in [0.2, 0.25) is 0 Å². The molecule has 0 amide bonds. The van der Waals surface area contributed by atoms with E-state index in [1.54, 1.807) is 12.1 Å². The van der Waals surface area contributed by atoms with Crippen molar-refractivity contribution in [2.75, 3.05) is 26.2 Å². The average molecular weight is 307 g/mol. The van der Waals surface area contributed by atoms with Gasteiger partial charge in [-0.1, -0.05) is 12.1 Å². The van der Waals surface area contributed by atoms with Gasteiger partial charge in [-0.05, 0) is 12.1 Å². The van der Waals surface area contributed by atoms with Crippen molar-refractivity contribution in [3.05, 3.63) is 29.8 Å². The lowest BCUT2D eigenvalue weighted by molar-refractivity contribution is -0.0445. The standard InChI is InChI=1S/C14H17N3O3S/c15-11-12-3-1-2-4-13(12)21(18,19)17-8-5-14(6-9-17)16-7-10-20-14/h1-4,16H,5-10H2. The molecule has 3 rings (SSSR count). The molecule has 2 saturated heterocycles. The number of ether oxygens (including phenoxy) is 1. The van der Waals surface area contributed by atoms with Crippen LogP contribution in [-0.4, -0.2) is 44.7 Å². The van der Waals surface area contributed by atoms with Gasteiger partial charge in [-0.15, -0.1) is 0 Å². The molecule has 0 atom stereocenters. The van der Waals surface area contributed by atoms with Crippen molar-refractivity contribution in [2.45, 2.75) is 23.5 Å². The van der Waals surface area contributed by atoms with Gasteiger partial charge in [0.2, 0.25) is 10.0 Å². The van der Waals surface area contributed by atoms with E-state index in [0.29, 0.717) is 32.5 Å². The first-order valence-corrected chi connectivity index (χ1v) is 8.40. The lowest BCUT2D eigenvalue weighted by Crippen LogP contribution is -2.52. The van der Waals surface area contributed by atoms with Crippen LogP contribution in [0.4, 0.5) is 0 Å². The van der Waals surface area contributed by atoms with Crippen LogP contribution >= 0.6 is 0 Å². The topological polar surface area (TPSA) is 82.4 Å². The molecule has 0 radical (unpaired) electrons. The fraction of sp³-hybridized carbons (Fsp3) is 0.500. The summed E-state index contributed by atoms with van der Waals surface area (Å²) in [6.45, 7) is 2.28. The van der Waals surface area contributed by atoms with Crippen LogP contribution in [-0.2, 0) is 14.8 Å². The Hall–Kier alpha value is -1.46. The summed E-state index contributed by atoms with van der Waals surface area (Å²) in [4.78, 5) is 0.0868. The zero-order chi connectivity index (χ0) is 14.9. The second-order valence-corrected chi connectivity index (χ2v) is 7.19. The number of benzene rings is 1. The minimum Gasteiger partial charge on any atom is -0.359 e. The first-order chi connectivity index (χ1) is 10.1. The van der Waals surface area contributed by atoms with Crippen LogP contribution in [0.15, 0.2) is 29.2 Å². The summed E-state index contributed by atoms with van der Waals surface area (Å²) < 4.78 is 32.5. The number of nitrogens with one attached hydrogen (secondary N) is 1. The van der Waals surface area contributed by atoms with Crippen LogP contribution < -0.4 is 5.32 Å². The van der Waals surface area contributed by atoms with Gasteiger partial charge >= 0.3 is 0 Å². The fourth-order valence-corrected chi connectivity index (χ4v) is 4.49. The molecule has 2 heterocycles. The molecule has 1 aromatic carbocycles. The normalized spacial score (nSPS) is 22.2. The molecular weight excluding hydrogens is 290 g/mol. The van der Waals surface area contributed by atoms with E-state index in [0.717, 1.165) is 6.54 Å². The molecule has 0 unspecified atom stereocenters. The van der Waals surface area contributed by atoms with E-state index in [4.69, 9.17) is 10.00 Å². The van der Waals surface area contributed by atoms with E-state index in [2.05, 4.69) is 5.32 Å². The molecule has 0 bridgehead atoms. The maximum atomic E-state index is 12.7. The molecule has 0 aromatic heterocycles. The third-order valence-corrected chi connectivity index (χ3v) is 6.04. The van der Waals surface area contributed by atoms with Crippen LogP contribution in [0, 0.1) is 11.3 Å². The van der Waals surface area contributed by atoms with Gasteiger partial charge < -0.3 is 4.74 Å². The van der Waals surface area contributed by atoms with Crippen LogP contribution in [0.25, 0.3) is 0 Å². The van der Waals surface area contributed by atoms with Crippen LogP contribution in [0.5, 0.6) is 0 Å². The summed E-state index contributed by atoms with van der Waals surface area (Å²) >= 11 is 0. The summed E-state index contributed by atoms with van der Waals surface area (Å²) in [5, 5.41) is 12.4. The molecule has 2 aliphatic heterocycles. The van der Waals surface area contributed by atoms with Gasteiger partial charge in [0.15, 0.2) is 0 Å². The van der Waals surface area contributed by atoms with Gasteiger partial charge in [0, 0.05) is 32.5 Å². The molecule has 0 saturated carbocycles. The van der Waals surface area contributed by atoms with Gasteiger partial charge in [-0.25, -0.2) is 8.42 Å². The molecule has 112 valence electrons. The van der Waals surface area contributed by atoms with Crippen molar-refractivity contribution in [1.29, 1.82) is 5.26 Å². The fourth-order valence-electron chi connectivity index (χ4n) is 2.91. The molecule has 7 heteroatoms. The maximum absolute atomic E-state index is 12.7. The predicted octanol–water partition coefficient (Wildman–Crippen LogP) is 0.659. The highest BCUT2D eigenvalue weighted by Crippen LogP contribution is 2.30. The minimum atomic E-state index is -3.62. The summed E-state index contributed by atoms with van der Waals surface area (Å²) in [5.41, 5.74) is -0.172. The average Bonchev–Trinajstić information content (AvgIpc) is 2.96. The number of rotatable bonds is 2. The molecule has 1 aromatic rings. The highest BCUT2D eigenvalue weighted by molar-refractivity contribution is 7.89. The summed E-state index contributed by atoms with van der Waals surface area (Å²) in [5.74, 6) is 0.